The molecule has 2 N–H and O–H groups in total. The number of aryl methyl sites for hydroxylation is 1. The van der Waals surface area contributed by atoms with Gasteiger partial charge in [0.1, 0.15) is 0 Å². The summed E-state index contributed by atoms with van der Waals surface area (Å²) in [5.41, 5.74) is 0. The number of carbonyl (C=O) groups excluding carboxylic acids is 1. The molecule has 0 fully saturated rings. The maximum absolute atomic E-state index is 11.6. The summed E-state index contributed by atoms with van der Waals surface area (Å²) < 4.78 is 6.81. The molecule has 0 aromatic carbocycles. The summed E-state index contributed by atoms with van der Waals surface area (Å²) in [6.45, 7) is 1.05. The molecule has 1 heterocycles. The van der Waals surface area contributed by atoms with E-state index in [0.717, 1.165) is 0 Å². The van der Waals surface area contributed by atoms with Crippen LogP contribution in [0.25, 0.3) is 0 Å². The van der Waals surface area contributed by atoms with Gasteiger partial charge < -0.3 is 19.7 Å². The van der Waals surface area contributed by atoms with Crippen molar-refractivity contribution < 1.29 is 14.6 Å². The van der Waals surface area contributed by atoms with Crippen molar-refractivity contribution in [2.45, 2.75) is 25.4 Å². The molecule has 1 aromatic rings. The van der Waals surface area contributed by atoms with E-state index in [1.807, 2.05) is 10.8 Å². The molecule has 1 amide bonds. The van der Waals surface area contributed by atoms with Gasteiger partial charge in [0.05, 0.1) is 19.0 Å². The molecule has 0 radical (unpaired) electrons. The maximum atomic E-state index is 11.6. The highest BCUT2D eigenvalue weighted by atomic mass is 16.5. The second-order valence-electron chi connectivity index (χ2n) is 3.78. The van der Waals surface area contributed by atoms with E-state index in [2.05, 4.69) is 10.3 Å². The van der Waals surface area contributed by atoms with E-state index < -0.39 is 0 Å². The molecule has 1 atom stereocenters. The molecule has 6 heteroatoms. The van der Waals surface area contributed by atoms with Gasteiger partial charge in [-0.2, -0.15) is 0 Å². The number of imidazole rings is 1. The highest BCUT2D eigenvalue weighted by molar-refractivity contribution is 5.76. The van der Waals surface area contributed by atoms with Crippen molar-refractivity contribution >= 4 is 5.91 Å². The van der Waals surface area contributed by atoms with Gasteiger partial charge in [0, 0.05) is 39.1 Å². The van der Waals surface area contributed by atoms with Gasteiger partial charge >= 0.3 is 0 Å². The fraction of sp³-hybridized carbons (Fsp3) is 0.636. The van der Waals surface area contributed by atoms with E-state index in [4.69, 9.17) is 9.84 Å². The maximum Gasteiger partial charge on any atom is 0.222 e. The lowest BCUT2D eigenvalue weighted by atomic mass is 10.2. The predicted molar refractivity (Wildman–Crippen MR) is 62.4 cm³/mol. The summed E-state index contributed by atoms with van der Waals surface area (Å²) in [6.07, 6.45) is 6.06. The predicted octanol–water partition coefficient (Wildman–Crippen LogP) is -0.213. The lowest BCUT2D eigenvalue weighted by Gasteiger charge is -2.16. The van der Waals surface area contributed by atoms with Gasteiger partial charge in [0.15, 0.2) is 0 Å². The molecule has 0 bridgehead atoms. The number of amides is 1. The summed E-state index contributed by atoms with van der Waals surface area (Å²) in [5, 5.41) is 11.7. The van der Waals surface area contributed by atoms with Crippen LogP contribution >= 0.6 is 0 Å². The molecule has 1 rings (SSSR count). The Balaban J connectivity index is 2.26. The van der Waals surface area contributed by atoms with Gasteiger partial charge in [0.2, 0.25) is 5.91 Å². The molecule has 0 aliphatic carbocycles. The first-order valence-electron chi connectivity index (χ1n) is 5.61. The molecule has 0 aliphatic rings. The minimum Gasteiger partial charge on any atom is -0.396 e. The van der Waals surface area contributed by atoms with E-state index in [1.54, 1.807) is 19.6 Å². The van der Waals surface area contributed by atoms with Crippen LogP contribution in [0.4, 0.5) is 0 Å². The zero-order valence-electron chi connectivity index (χ0n) is 10.0. The van der Waals surface area contributed by atoms with E-state index in [1.165, 1.54) is 0 Å². The molecule has 0 saturated carbocycles. The van der Waals surface area contributed by atoms with Gasteiger partial charge in [-0.15, -0.1) is 0 Å². The number of rotatable bonds is 8. The molecule has 6 nitrogen and oxygen atoms in total. The Labute approximate surface area is 101 Å². The summed E-state index contributed by atoms with van der Waals surface area (Å²) in [4.78, 5) is 15.5. The van der Waals surface area contributed by atoms with E-state index >= 15 is 0 Å². The van der Waals surface area contributed by atoms with Crippen LogP contribution in [0.1, 0.15) is 12.8 Å². The topological polar surface area (TPSA) is 76.4 Å². The first kappa shape index (κ1) is 13.7. The number of nitrogens with one attached hydrogen (secondary N) is 1. The third-order valence-corrected chi connectivity index (χ3v) is 2.37. The van der Waals surface area contributed by atoms with Crippen LogP contribution < -0.4 is 5.32 Å². The van der Waals surface area contributed by atoms with Gasteiger partial charge in [-0.3, -0.25) is 4.79 Å². The van der Waals surface area contributed by atoms with Gasteiger partial charge in [-0.05, 0) is 6.42 Å². The first-order valence-corrected chi connectivity index (χ1v) is 5.61. The summed E-state index contributed by atoms with van der Waals surface area (Å²) in [7, 11) is 1.57. The van der Waals surface area contributed by atoms with Crippen LogP contribution in [0.5, 0.6) is 0 Å². The molecule has 96 valence electrons. The van der Waals surface area contributed by atoms with Crippen LogP contribution in [0.15, 0.2) is 18.7 Å². The Morgan fingerprint density at radius 1 is 1.65 bits per heavy atom. The normalized spacial score (nSPS) is 12.4. The van der Waals surface area contributed by atoms with E-state index in [0.29, 0.717) is 26.0 Å². The molecule has 1 aromatic heterocycles. The molecular weight excluding hydrogens is 222 g/mol. The Morgan fingerprint density at radius 2 is 2.47 bits per heavy atom. The fourth-order valence-electron chi connectivity index (χ4n) is 1.50. The number of aromatic nitrogens is 2. The van der Waals surface area contributed by atoms with Crippen molar-refractivity contribution in [1.82, 2.24) is 14.9 Å². The van der Waals surface area contributed by atoms with E-state index in [9.17, 15) is 4.79 Å². The number of carbonyl (C=O) groups is 1. The monoisotopic (exact) mass is 241 g/mol. The number of hydrogen-bond acceptors (Lipinski definition) is 4. The third kappa shape index (κ3) is 5.46. The SMILES string of the molecule is COCC(CCO)NC(=O)CCn1ccnc1. The molecule has 0 spiro atoms. The highest BCUT2D eigenvalue weighted by Gasteiger charge is 2.11. The number of aliphatic hydroxyl groups excluding tert-OH is 1. The van der Waals surface area contributed by atoms with Crippen LogP contribution in [0, 0.1) is 0 Å². The summed E-state index contributed by atoms with van der Waals surface area (Å²) >= 11 is 0. The Kier molecular flexibility index (Phi) is 6.27. The Morgan fingerprint density at radius 3 is 3.06 bits per heavy atom. The average molecular weight is 241 g/mol. The van der Waals surface area contributed by atoms with Crippen LogP contribution in [-0.2, 0) is 16.1 Å². The summed E-state index contributed by atoms with van der Waals surface area (Å²) in [5.74, 6) is -0.0470. The molecule has 0 aliphatic heterocycles. The quantitative estimate of drug-likeness (QED) is 0.660. The first-order chi connectivity index (χ1) is 8.26. The van der Waals surface area contributed by atoms with Gasteiger partial charge in [-0.25, -0.2) is 4.98 Å². The second kappa shape index (κ2) is 7.81. The van der Waals surface area contributed by atoms with Crippen LogP contribution in [0.3, 0.4) is 0 Å². The van der Waals surface area contributed by atoms with Crippen molar-refractivity contribution in [3.63, 3.8) is 0 Å². The lowest BCUT2D eigenvalue weighted by Crippen LogP contribution is -2.39. The molecular formula is C11H19N3O3. The number of hydrogen-bond donors (Lipinski definition) is 2. The van der Waals surface area contributed by atoms with Crippen molar-refractivity contribution in [2.24, 2.45) is 0 Å². The number of aliphatic hydroxyl groups is 1. The third-order valence-electron chi connectivity index (χ3n) is 2.37. The summed E-state index contributed by atoms with van der Waals surface area (Å²) in [6, 6.07) is -0.125. The van der Waals surface area contributed by atoms with Gasteiger partial charge in [-0.1, -0.05) is 0 Å². The Hall–Kier alpha value is -1.40. The van der Waals surface area contributed by atoms with Crippen LogP contribution in [0.2, 0.25) is 0 Å². The molecule has 0 saturated heterocycles. The zero-order chi connectivity index (χ0) is 12.5. The minimum atomic E-state index is -0.125. The largest absolute Gasteiger partial charge is 0.396 e. The molecule has 17 heavy (non-hydrogen) atoms. The van der Waals surface area contributed by atoms with Crippen molar-refractivity contribution in [3.8, 4) is 0 Å². The number of ether oxygens (including phenoxy) is 1. The van der Waals surface area contributed by atoms with E-state index in [-0.39, 0.29) is 18.6 Å². The fourth-order valence-corrected chi connectivity index (χ4v) is 1.50. The van der Waals surface area contributed by atoms with Crippen molar-refractivity contribution in [3.05, 3.63) is 18.7 Å². The lowest BCUT2D eigenvalue weighted by molar-refractivity contribution is -0.122. The van der Waals surface area contributed by atoms with Gasteiger partial charge in [0.25, 0.3) is 0 Å². The highest BCUT2D eigenvalue weighted by Crippen LogP contribution is 1.95. The standard InChI is InChI=1S/C11H19N3O3/c1-17-8-10(3-7-15)13-11(16)2-5-14-6-4-12-9-14/h4,6,9-10,15H,2-3,5,7-8H2,1H3,(H,13,16). The number of methoxy groups -OCH3 is 1. The Bertz CT molecular complexity index is 308. The molecule has 1 unspecified atom stereocenters. The zero-order valence-corrected chi connectivity index (χ0v) is 10.0. The van der Waals surface area contributed by atoms with Crippen molar-refractivity contribution in [2.75, 3.05) is 20.3 Å². The number of nitrogens with zero attached hydrogens (tertiary/aromatic N) is 2. The minimum absolute atomic E-state index is 0.0375. The second-order valence-corrected chi connectivity index (χ2v) is 3.78. The van der Waals surface area contributed by atoms with Crippen molar-refractivity contribution in [1.29, 1.82) is 0 Å². The smallest absolute Gasteiger partial charge is 0.222 e. The van der Waals surface area contributed by atoms with Crippen LogP contribution in [-0.4, -0.2) is 46.9 Å². The average Bonchev–Trinajstić information content (AvgIpc) is 2.80.